The minimum Gasteiger partial charge on any atom is -0.468 e. The lowest BCUT2D eigenvalue weighted by Crippen LogP contribution is -2.40. The normalized spacial score (nSPS) is 11.5. The Bertz CT molecular complexity index is 828. The lowest BCUT2D eigenvalue weighted by molar-refractivity contribution is -0.140. The third-order valence-electron chi connectivity index (χ3n) is 4.89. The first-order chi connectivity index (χ1) is 17.4. The fourth-order valence-electron chi connectivity index (χ4n) is 2.81. The minimum atomic E-state index is -0.366. The first-order valence-electron chi connectivity index (χ1n) is 11.5. The van der Waals surface area contributed by atoms with Crippen molar-refractivity contribution in [2.24, 2.45) is 0 Å². The van der Waals surface area contributed by atoms with Gasteiger partial charge in [0, 0.05) is 12.6 Å². The molecule has 9 nitrogen and oxygen atoms in total. The van der Waals surface area contributed by atoms with E-state index in [1.165, 1.54) is 25.3 Å². The second-order valence-electron chi connectivity index (χ2n) is 7.49. The summed E-state index contributed by atoms with van der Waals surface area (Å²) in [7, 11) is 6.41. The Kier molecular flexibility index (Phi) is 20.9. The van der Waals surface area contributed by atoms with E-state index >= 15 is 0 Å². The summed E-state index contributed by atoms with van der Waals surface area (Å²) in [5.41, 5.74) is 2.47. The Morgan fingerprint density at radius 1 is 0.833 bits per heavy atom. The number of benzene rings is 2. The zero-order chi connectivity index (χ0) is 27.0. The Morgan fingerprint density at radius 2 is 1.33 bits per heavy atom. The predicted octanol–water partition coefficient (Wildman–Crippen LogP) is 1.50. The third-order valence-corrected chi connectivity index (χ3v) is 5.03. The molecule has 0 aromatic heterocycles. The largest absolute Gasteiger partial charge is 0.468 e. The standard InChI is InChI=1S/C13H20N2O2.C10H13NO.C3H6ClNO2/c1-14-12(9-15-10-13(16)17-2)8-11-6-4-3-5-7-11;1-11-10(8-12)7-9-5-3-2-4-6-9;1-7-3(6)2-5-4/h3-7,12,14-15H,8-10H2,1-2H3;2-6,8,10-11H,7H2,1H3;5H,2H2,1H3/t12-;10-;/m00./s1. The molecule has 0 aliphatic carbocycles. The Balaban J connectivity index is 0.000000561. The van der Waals surface area contributed by atoms with E-state index in [0.29, 0.717) is 6.04 Å². The van der Waals surface area contributed by atoms with E-state index in [1.807, 2.05) is 55.6 Å². The van der Waals surface area contributed by atoms with Crippen LogP contribution in [-0.2, 0) is 36.7 Å². The molecule has 0 radical (unpaired) electrons. The number of likely N-dealkylation sites (N-methyl/N-ethyl adjacent to an activating group) is 2. The second-order valence-corrected chi connectivity index (χ2v) is 7.76. The molecule has 0 fully saturated rings. The molecule has 2 aromatic rings. The molecule has 200 valence electrons. The molecule has 36 heavy (non-hydrogen) atoms. The van der Waals surface area contributed by atoms with E-state index in [1.54, 1.807) is 7.05 Å². The van der Waals surface area contributed by atoms with Crippen LogP contribution in [0.4, 0.5) is 0 Å². The van der Waals surface area contributed by atoms with Crippen molar-refractivity contribution in [1.29, 1.82) is 0 Å². The Hall–Kier alpha value is -2.82. The van der Waals surface area contributed by atoms with Crippen LogP contribution in [0.1, 0.15) is 11.1 Å². The van der Waals surface area contributed by atoms with Crippen LogP contribution in [0.3, 0.4) is 0 Å². The Labute approximate surface area is 219 Å². The molecule has 0 saturated carbocycles. The minimum absolute atomic E-state index is 0.0536. The van der Waals surface area contributed by atoms with Gasteiger partial charge >= 0.3 is 11.9 Å². The molecular weight excluding hydrogens is 484 g/mol. The smallest absolute Gasteiger partial charge is 0.320 e. The number of hydrogen-bond donors (Lipinski definition) is 4. The maximum Gasteiger partial charge on any atom is 0.320 e. The molecule has 0 saturated heterocycles. The number of carbonyl (C=O) groups is 3. The number of nitrogens with one attached hydrogen (secondary N) is 4. The molecule has 0 aliphatic heterocycles. The van der Waals surface area contributed by atoms with Crippen molar-refractivity contribution < 1.29 is 23.9 Å². The lowest BCUT2D eigenvalue weighted by atomic mass is 10.1. The van der Waals surface area contributed by atoms with Crippen molar-refractivity contribution in [2.75, 3.05) is 47.9 Å². The van der Waals surface area contributed by atoms with Crippen molar-refractivity contribution in [2.45, 2.75) is 24.9 Å². The van der Waals surface area contributed by atoms with Gasteiger partial charge < -0.3 is 30.2 Å². The molecule has 0 bridgehead atoms. The van der Waals surface area contributed by atoms with Gasteiger partial charge in [-0.25, -0.2) is 4.84 Å². The van der Waals surface area contributed by atoms with Gasteiger partial charge in [-0.3, -0.25) is 9.59 Å². The zero-order valence-electron chi connectivity index (χ0n) is 21.5. The van der Waals surface area contributed by atoms with Crippen LogP contribution in [0.5, 0.6) is 0 Å². The lowest BCUT2D eigenvalue weighted by Gasteiger charge is -2.16. The Morgan fingerprint density at radius 3 is 1.72 bits per heavy atom. The van der Waals surface area contributed by atoms with Gasteiger partial charge in [0.2, 0.25) is 0 Å². The highest BCUT2D eigenvalue weighted by molar-refractivity contribution is 6.14. The van der Waals surface area contributed by atoms with E-state index in [-0.39, 0.29) is 31.1 Å². The van der Waals surface area contributed by atoms with Crippen molar-refractivity contribution >= 4 is 30.0 Å². The van der Waals surface area contributed by atoms with Gasteiger partial charge in [0.25, 0.3) is 0 Å². The molecule has 0 heterocycles. The molecule has 2 rings (SSSR count). The van der Waals surface area contributed by atoms with E-state index in [4.69, 9.17) is 11.8 Å². The second kappa shape index (κ2) is 22.6. The quantitative estimate of drug-likeness (QED) is 0.176. The number of rotatable bonds is 13. The van der Waals surface area contributed by atoms with Gasteiger partial charge in [-0.2, -0.15) is 0 Å². The fourth-order valence-corrected chi connectivity index (χ4v) is 2.92. The first-order valence-corrected chi connectivity index (χ1v) is 11.9. The fraction of sp³-hybridized carbons (Fsp3) is 0.423. The summed E-state index contributed by atoms with van der Waals surface area (Å²) in [5.74, 6) is -0.602. The van der Waals surface area contributed by atoms with E-state index in [9.17, 15) is 14.4 Å². The van der Waals surface area contributed by atoms with E-state index < -0.39 is 0 Å². The number of hydrogen-bond acceptors (Lipinski definition) is 9. The summed E-state index contributed by atoms with van der Waals surface area (Å²) in [4.78, 5) is 33.6. The van der Waals surface area contributed by atoms with Gasteiger partial charge in [-0.15, -0.1) is 0 Å². The zero-order valence-corrected chi connectivity index (χ0v) is 22.2. The maximum atomic E-state index is 10.9. The summed E-state index contributed by atoms with van der Waals surface area (Å²) in [6.07, 6.45) is 2.64. The molecule has 4 N–H and O–H groups in total. The van der Waals surface area contributed by atoms with Crippen LogP contribution in [0.25, 0.3) is 0 Å². The van der Waals surface area contributed by atoms with Gasteiger partial charge in [0.05, 0.1) is 26.8 Å². The number of methoxy groups -OCH3 is 2. The average Bonchev–Trinajstić information content (AvgIpc) is 2.93. The highest BCUT2D eigenvalue weighted by atomic mass is 35.5. The van der Waals surface area contributed by atoms with Crippen LogP contribution >= 0.6 is 11.8 Å². The summed E-state index contributed by atoms with van der Waals surface area (Å²) in [5, 5.41) is 9.23. The average molecular weight is 523 g/mol. The van der Waals surface area contributed by atoms with Crippen LogP contribution in [0.2, 0.25) is 0 Å². The number of halogens is 1. The van der Waals surface area contributed by atoms with Gasteiger partial charge in [-0.05, 0) is 49.8 Å². The summed E-state index contributed by atoms with van der Waals surface area (Å²) in [6, 6.07) is 20.5. The number of ether oxygens (including phenoxy) is 2. The summed E-state index contributed by atoms with van der Waals surface area (Å²) >= 11 is 4.92. The highest BCUT2D eigenvalue weighted by Crippen LogP contribution is 2.02. The summed E-state index contributed by atoms with van der Waals surface area (Å²) < 4.78 is 8.77. The van der Waals surface area contributed by atoms with Crippen LogP contribution < -0.4 is 20.8 Å². The van der Waals surface area contributed by atoms with Gasteiger partial charge in [0.15, 0.2) is 0 Å². The molecule has 0 unspecified atom stereocenters. The summed E-state index contributed by atoms with van der Waals surface area (Å²) in [6.45, 7) is 1.04. The maximum absolute atomic E-state index is 10.9. The van der Waals surface area contributed by atoms with Crippen molar-refractivity contribution in [3.8, 4) is 0 Å². The van der Waals surface area contributed by atoms with Crippen LogP contribution in [0, 0.1) is 0 Å². The highest BCUT2D eigenvalue weighted by Gasteiger charge is 2.08. The van der Waals surface area contributed by atoms with Crippen LogP contribution in [-0.4, -0.2) is 78.3 Å². The molecular formula is C26H39ClN4O5. The topological polar surface area (TPSA) is 118 Å². The van der Waals surface area contributed by atoms with E-state index in [0.717, 1.165) is 25.7 Å². The molecule has 2 aromatic carbocycles. The van der Waals surface area contributed by atoms with Crippen molar-refractivity contribution in [3.05, 3.63) is 71.8 Å². The molecule has 0 spiro atoms. The molecule has 2 atom stereocenters. The van der Waals surface area contributed by atoms with Crippen LogP contribution in [0.15, 0.2) is 60.7 Å². The number of carbonyl (C=O) groups excluding carboxylic acids is 3. The molecule has 0 aliphatic rings. The van der Waals surface area contributed by atoms with Gasteiger partial charge in [-0.1, -0.05) is 60.7 Å². The monoisotopic (exact) mass is 522 g/mol. The first kappa shape index (κ1) is 33.2. The van der Waals surface area contributed by atoms with E-state index in [2.05, 4.69) is 42.4 Å². The third kappa shape index (κ3) is 17.6. The molecule has 10 heteroatoms. The van der Waals surface area contributed by atoms with Gasteiger partial charge in [0.1, 0.15) is 12.8 Å². The van der Waals surface area contributed by atoms with Crippen molar-refractivity contribution in [1.82, 2.24) is 20.8 Å². The number of aldehydes is 1. The van der Waals surface area contributed by atoms with Crippen molar-refractivity contribution in [3.63, 3.8) is 0 Å². The number of esters is 2. The SMILES string of the molecule is CN[C@H](C=O)Cc1ccccc1.CN[C@H](CNCC(=O)OC)Cc1ccccc1.COC(=O)CNCl. The molecule has 0 amide bonds. The predicted molar refractivity (Wildman–Crippen MR) is 143 cm³/mol.